The molecule has 2 aliphatic heterocycles. The number of nitrogens with zero attached hydrogens (tertiary/aromatic N) is 3. The third-order valence-corrected chi connectivity index (χ3v) is 6.35. The maximum absolute atomic E-state index is 13.7. The van der Waals surface area contributed by atoms with Crippen LogP contribution in [0, 0.1) is 6.92 Å². The minimum Gasteiger partial charge on any atom is -0.491 e. The summed E-state index contributed by atoms with van der Waals surface area (Å²) >= 11 is 0. The number of hydrogen-bond acceptors (Lipinski definition) is 6. The Labute approximate surface area is 188 Å². The second-order valence-corrected chi connectivity index (χ2v) is 8.37. The number of aromatic nitrogens is 1. The minimum absolute atomic E-state index is 0.0770. The van der Waals surface area contributed by atoms with E-state index in [2.05, 4.69) is 11.1 Å². The van der Waals surface area contributed by atoms with Gasteiger partial charge in [0.25, 0.3) is 11.8 Å². The number of carbonyl (C=O) groups excluding carboxylic acids is 2. The zero-order chi connectivity index (χ0) is 22.6. The van der Waals surface area contributed by atoms with Gasteiger partial charge in [0.2, 0.25) is 0 Å². The summed E-state index contributed by atoms with van der Waals surface area (Å²) in [5.74, 6) is 1.07. The van der Waals surface area contributed by atoms with Crippen LogP contribution in [0.25, 0.3) is 0 Å². The second-order valence-electron chi connectivity index (χ2n) is 8.37. The van der Waals surface area contributed by atoms with Crippen molar-refractivity contribution in [1.82, 2.24) is 14.8 Å². The lowest BCUT2D eigenvalue weighted by Crippen LogP contribution is -2.62. The fourth-order valence-corrected chi connectivity index (χ4v) is 4.54. The van der Waals surface area contributed by atoms with E-state index in [0.29, 0.717) is 50.7 Å². The van der Waals surface area contributed by atoms with Crippen LogP contribution in [-0.2, 0) is 16.0 Å². The largest absolute Gasteiger partial charge is 0.491 e. The topological polar surface area (TPSA) is 85.1 Å². The van der Waals surface area contributed by atoms with Crippen LogP contribution in [0.3, 0.4) is 0 Å². The molecule has 0 radical (unpaired) electrons. The lowest BCUT2D eigenvalue weighted by atomic mass is 9.90. The number of likely N-dealkylation sites (N-methyl/N-ethyl adjacent to an activating group) is 1. The van der Waals surface area contributed by atoms with Crippen molar-refractivity contribution < 1.29 is 23.5 Å². The number of morpholine rings is 1. The van der Waals surface area contributed by atoms with Gasteiger partial charge in [0.1, 0.15) is 18.1 Å². The first-order chi connectivity index (χ1) is 15.5. The number of para-hydroxylation sites is 1. The predicted octanol–water partition coefficient (Wildman–Crippen LogP) is 2.85. The number of rotatable bonds is 2. The fourth-order valence-electron chi connectivity index (χ4n) is 4.54. The fraction of sp³-hybridized carbons (Fsp3) is 0.542. The number of fused-ring (bicyclic) bond motifs is 1. The average Bonchev–Trinajstić information content (AvgIpc) is 3.24. The van der Waals surface area contributed by atoms with Crippen molar-refractivity contribution in [2.24, 2.45) is 0 Å². The van der Waals surface area contributed by atoms with E-state index in [1.54, 1.807) is 16.7 Å². The zero-order valence-electron chi connectivity index (χ0n) is 18.8. The summed E-state index contributed by atoms with van der Waals surface area (Å²) in [6.07, 6.45) is 4.42. The van der Waals surface area contributed by atoms with Gasteiger partial charge in [0.05, 0.1) is 19.7 Å². The molecule has 0 bridgehead atoms. The molecule has 2 aromatic rings. The van der Waals surface area contributed by atoms with Gasteiger partial charge in [-0.15, -0.1) is 0 Å². The molecule has 0 saturated carbocycles. The van der Waals surface area contributed by atoms with Crippen LogP contribution in [0.1, 0.15) is 48.0 Å². The highest BCUT2D eigenvalue weighted by atomic mass is 16.5. The lowest BCUT2D eigenvalue weighted by molar-refractivity contribution is -0.170. The molecule has 1 spiro atoms. The third kappa shape index (κ3) is 4.50. The molecule has 2 amide bonds. The monoisotopic (exact) mass is 441 g/mol. The second kappa shape index (κ2) is 9.73. The van der Waals surface area contributed by atoms with Crippen LogP contribution in [0.2, 0.25) is 0 Å². The van der Waals surface area contributed by atoms with Crippen molar-refractivity contribution in [2.45, 2.75) is 45.1 Å². The highest BCUT2D eigenvalue weighted by Crippen LogP contribution is 2.30. The van der Waals surface area contributed by atoms with Gasteiger partial charge in [0, 0.05) is 13.1 Å². The Morgan fingerprint density at radius 3 is 2.81 bits per heavy atom. The SMILES string of the molecule is CCN1CCOc2ccccc2CCCCC2(CN(C(=O)c3ncoc3C)CCO2)C1=O. The Morgan fingerprint density at radius 1 is 1.19 bits per heavy atom. The van der Waals surface area contributed by atoms with Gasteiger partial charge in [0.15, 0.2) is 17.7 Å². The Morgan fingerprint density at radius 2 is 2.03 bits per heavy atom. The van der Waals surface area contributed by atoms with E-state index in [4.69, 9.17) is 13.9 Å². The van der Waals surface area contributed by atoms with E-state index in [1.807, 2.05) is 25.1 Å². The molecule has 8 heteroatoms. The van der Waals surface area contributed by atoms with Gasteiger partial charge < -0.3 is 23.7 Å². The van der Waals surface area contributed by atoms with Gasteiger partial charge in [-0.25, -0.2) is 4.98 Å². The summed E-state index contributed by atoms with van der Waals surface area (Å²) in [5, 5.41) is 0. The van der Waals surface area contributed by atoms with E-state index in [9.17, 15) is 9.59 Å². The van der Waals surface area contributed by atoms with Crippen LogP contribution in [0.5, 0.6) is 5.75 Å². The molecule has 2 aliphatic rings. The summed E-state index contributed by atoms with van der Waals surface area (Å²) < 4.78 is 17.4. The third-order valence-electron chi connectivity index (χ3n) is 6.35. The van der Waals surface area contributed by atoms with Gasteiger partial charge in [-0.05, 0) is 51.2 Å². The first kappa shape index (κ1) is 22.3. The number of amides is 2. The molecule has 0 N–H and O–H groups in total. The van der Waals surface area contributed by atoms with Crippen LogP contribution >= 0.6 is 0 Å². The lowest BCUT2D eigenvalue weighted by Gasteiger charge is -2.44. The van der Waals surface area contributed by atoms with Gasteiger partial charge >= 0.3 is 0 Å². The molecule has 1 atom stereocenters. The van der Waals surface area contributed by atoms with Crippen molar-refractivity contribution in [3.8, 4) is 5.75 Å². The molecule has 3 heterocycles. The molecule has 0 aliphatic carbocycles. The first-order valence-electron chi connectivity index (χ1n) is 11.4. The van der Waals surface area contributed by atoms with Crippen LogP contribution in [0.15, 0.2) is 35.1 Å². The van der Waals surface area contributed by atoms with Crippen LogP contribution < -0.4 is 4.74 Å². The predicted molar refractivity (Wildman–Crippen MR) is 118 cm³/mol. The molecule has 1 unspecified atom stereocenters. The van der Waals surface area contributed by atoms with E-state index in [-0.39, 0.29) is 18.4 Å². The number of aryl methyl sites for hydroxylation is 2. The first-order valence-corrected chi connectivity index (χ1v) is 11.4. The van der Waals surface area contributed by atoms with Crippen LogP contribution in [-0.4, -0.2) is 71.6 Å². The van der Waals surface area contributed by atoms with Gasteiger partial charge in [-0.1, -0.05) is 18.2 Å². The van der Waals surface area contributed by atoms with Crippen molar-refractivity contribution in [3.63, 3.8) is 0 Å². The highest BCUT2D eigenvalue weighted by molar-refractivity contribution is 5.94. The number of ether oxygens (including phenoxy) is 2. The Hall–Kier alpha value is -2.87. The number of carbonyl (C=O) groups is 2. The van der Waals surface area contributed by atoms with Crippen molar-refractivity contribution in [2.75, 3.05) is 39.4 Å². The molecular formula is C24H31N3O5. The maximum Gasteiger partial charge on any atom is 0.276 e. The van der Waals surface area contributed by atoms with Crippen molar-refractivity contribution >= 4 is 11.8 Å². The molecule has 1 saturated heterocycles. The number of oxazole rings is 1. The van der Waals surface area contributed by atoms with E-state index in [0.717, 1.165) is 25.0 Å². The van der Waals surface area contributed by atoms with Gasteiger partial charge in [-0.2, -0.15) is 0 Å². The average molecular weight is 442 g/mol. The van der Waals surface area contributed by atoms with Crippen molar-refractivity contribution in [1.29, 1.82) is 0 Å². The number of hydrogen-bond donors (Lipinski definition) is 0. The summed E-state index contributed by atoms with van der Waals surface area (Å²) in [6.45, 7) is 6.03. The van der Waals surface area contributed by atoms with E-state index < -0.39 is 5.60 Å². The smallest absolute Gasteiger partial charge is 0.276 e. The van der Waals surface area contributed by atoms with Crippen molar-refractivity contribution in [3.05, 3.63) is 47.7 Å². The Balaban J connectivity index is 1.57. The molecule has 1 aromatic carbocycles. The summed E-state index contributed by atoms with van der Waals surface area (Å²) in [6, 6.07) is 8.08. The zero-order valence-corrected chi connectivity index (χ0v) is 18.8. The quantitative estimate of drug-likeness (QED) is 0.713. The highest BCUT2D eigenvalue weighted by Gasteiger charge is 2.46. The molecule has 172 valence electrons. The minimum atomic E-state index is -1.06. The standard InChI is InChI=1S/C24H31N3O5/c1-3-26-12-14-30-20-10-5-4-8-19(20)9-6-7-11-24(23(26)29)16-27(13-15-32-24)22(28)21-18(2)31-17-25-21/h4-5,8,10,17H,3,6-7,9,11-16H2,1-2H3. The van der Waals surface area contributed by atoms with Gasteiger partial charge in [-0.3, -0.25) is 9.59 Å². The maximum atomic E-state index is 13.7. The van der Waals surface area contributed by atoms with E-state index >= 15 is 0 Å². The number of benzene rings is 1. The summed E-state index contributed by atoms with van der Waals surface area (Å²) in [7, 11) is 0. The summed E-state index contributed by atoms with van der Waals surface area (Å²) in [4.78, 5) is 34.3. The molecule has 1 fully saturated rings. The molecule has 4 rings (SSSR count). The molecule has 8 nitrogen and oxygen atoms in total. The Kier molecular flexibility index (Phi) is 6.79. The molecule has 32 heavy (non-hydrogen) atoms. The van der Waals surface area contributed by atoms with E-state index in [1.165, 1.54) is 12.0 Å². The summed E-state index contributed by atoms with van der Waals surface area (Å²) in [5.41, 5.74) is 0.416. The normalized spacial score (nSPS) is 22.6. The molecule has 1 aromatic heterocycles. The van der Waals surface area contributed by atoms with Crippen LogP contribution in [0.4, 0.5) is 0 Å². The molecular weight excluding hydrogens is 410 g/mol. The Bertz CT molecular complexity index is 959.